The molecule has 0 aliphatic carbocycles. The first-order chi connectivity index (χ1) is 6.38. The normalized spacial score (nSPS) is 14.1. The van der Waals surface area contributed by atoms with Crippen molar-refractivity contribution in [1.29, 1.82) is 0 Å². The number of hydrogen-bond acceptors (Lipinski definition) is 5. The summed E-state index contributed by atoms with van der Waals surface area (Å²) < 4.78 is 0. The Morgan fingerprint density at radius 1 is 1.57 bits per heavy atom. The molecule has 14 heavy (non-hydrogen) atoms. The quantitative estimate of drug-likeness (QED) is 0.761. The highest BCUT2D eigenvalue weighted by Gasteiger charge is 2.12. The number of aromatic nitrogens is 1. The molecule has 0 aliphatic heterocycles. The van der Waals surface area contributed by atoms with Crippen molar-refractivity contribution in [3.8, 4) is 0 Å². The number of aliphatic hydroxyl groups excluding tert-OH is 1. The molecular weight excluding hydrogens is 200 g/mol. The maximum atomic E-state index is 9.24. The topological polar surface area (TPSA) is 54.4 Å². The molecule has 0 radical (unpaired) electrons. The lowest BCUT2D eigenvalue weighted by Gasteiger charge is -2.18. The van der Waals surface area contributed by atoms with Crippen molar-refractivity contribution in [3.05, 3.63) is 11.1 Å². The molecule has 0 fully saturated rings. The van der Waals surface area contributed by atoms with E-state index in [2.05, 4.69) is 10.5 Å². The average molecular weight is 216 g/mol. The minimum Gasteiger partial charge on any atom is -0.387 e. The molecule has 1 aromatic rings. The molecule has 0 bridgehead atoms. The second-order valence-corrected chi connectivity index (χ2v) is 4.93. The smallest absolute Gasteiger partial charge is 0.207 e. The zero-order chi connectivity index (χ0) is 10.8. The molecule has 1 atom stereocenters. The van der Waals surface area contributed by atoms with Gasteiger partial charge in [0.25, 0.3) is 0 Å². The number of anilines is 1. The molecule has 1 unspecified atom stereocenters. The predicted molar refractivity (Wildman–Crippen MR) is 57.2 cm³/mol. The average Bonchev–Trinajstić information content (AvgIpc) is 2.47. The van der Waals surface area contributed by atoms with Gasteiger partial charge in [-0.15, -0.1) is 11.3 Å². The van der Waals surface area contributed by atoms with E-state index >= 15 is 0 Å². The van der Waals surface area contributed by atoms with Crippen LogP contribution in [0.2, 0.25) is 0 Å². The van der Waals surface area contributed by atoms with Gasteiger partial charge in [-0.1, -0.05) is 0 Å². The zero-order valence-corrected chi connectivity index (χ0v) is 9.68. The summed E-state index contributed by atoms with van der Waals surface area (Å²) in [5, 5.41) is 11.7. The van der Waals surface area contributed by atoms with Crippen molar-refractivity contribution in [2.24, 2.45) is 0 Å². The highest BCUT2D eigenvalue weighted by atomic mass is 32.1. The maximum Gasteiger partial charge on any atom is 0.207 e. The van der Waals surface area contributed by atoms with Gasteiger partial charge in [0.15, 0.2) is 0 Å². The largest absolute Gasteiger partial charge is 0.387 e. The third kappa shape index (κ3) is 3.61. The van der Waals surface area contributed by atoms with Gasteiger partial charge in [-0.3, -0.25) is 4.84 Å². The van der Waals surface area contributed by atoms with E-state index < -0.39 is 6.10 Å². The Labute approximate surface area is 87.9 Å². The van der Waals surface area contributed by atoms with Crippen LogP contribution < -0.4 is 5.48 Å². The first-order valence-corrected chi connectivity index (χ1v) is 5.34. The number of rotatable bonds is 3. The van der Waals surface area contributed by atoms with E-state index in [-0.39, 0.29) is 5.60 Å². The van der Waals surface area contributed by atoms with Gasteiger partial charge in [-0.05, 0) is 27.7 Å². The second-order valence-electron chi connectivity index (χ2n) is 4.07. The fourth-order valence-electron chi connectivity index (χ4n) is 0.722. The van der Waals surface area contributed by atoms with Crippen LogP contribution in [0.5, 0.6) is 0 Å². The molecule has 0 aromatic carbocycles. The van der Waals surface area contributed by atoms with E-state index in [0.29, 0.717) is 10.8 Å². The first-order valence-electron chi connectivity index (χ1n) is 4.46. The SMILES string of the molecule is CC(O)c1csc(NOC(C)(C)C)n1. The summed E-state index contributed by atoms with van der Waals surface area (Å²) in [6.07, 6.45) is -0.531. The second kappa shape index (κ2) is 4.25. The molecular formula is C9H16N2O2S. The van der Waals surface area contributed by atoms with E-state index in [1.54, 1.807) is 12.3 Å². The summed E-state index contributed by atoms with van der Waals surface area (Å²) >= 11 is 1.41. The number of nitrogens with one attached hydrogen (secondary N) is 1. The van der Waals surface area contributed by atoms with Crippen molar-refractivity contribution in [2.75, 3.05) is 5.48 Å². The Balaban J connectivity index is 2.52. The van der Waals surface area contributed by atoms with Gasteiger partial charge >= 0.3 is 0 Å². The van der Waals surface area contributed by atoms with Crippen LogP contribution in [-0.4, -0.2) is 15.7 Å². The maximum absolute atomic E-state index is 9.24. The zero-order valence-electron chi connectivity index (χ0n) is 8.87. The standard InChI is InChI=1S/C9H16N2O2S/c1-6(12)7-5-14-8(10-7)11-13-9(2,3)4/h5-6,12H,1-4H3,(H,10,11). The van der Waals surface area contributed by atoms with Crippen LogP contribution in [0.25, 0.3) is 0 Å². The molecule has 0 saturated carbocycles. The molecule has 5 heteroatoms. The van der Waals surface area contributed by atoms with Crippen LogP contribution in [0.4, 0.5) is 5.13 Å². The van der Waals surface area contributed by atoms with Crippen LogP contribution >= 0.6 is 11.3 Å². The van der Waals surface area contributed by atoms with Gasteiger partial charge in [0.05, 0.1) is 17.4 Å². The van der Waals surface area contributed by atoms with Gasteiger partial charge in [-0.2, -0.15) is 0 Å². The van der Waals surface area contributed by atoms with Gasteiger partial charge in [0, 0.05) is 5.38 Å². The van der Waals surface area contributed by atoms with E-state index in [4.69, 9.17) is 4.84 Å². The lowest BCUT2D eigenvalue weighted by Crippen LogP contribution is -2.22. The van der Waals surface area contributed by atoms with Crippen LogP contribution in [0.3, 0.4) is 0 Å². The molecule has 4 nitrogen and oxygen atoms in total. The van der Waals surface area contributed by atoms with Crippen molar-refractivity contribution >= 4 is 16.5 Å². The Morgan fingerprint density at radius 3 is 2.64 bits per heavy atom. The molecule has 1 rings (SSSR count). The van der Waals surface area contributed by atoms with Gasteiger partial charge < -0.3 is 5.11 Å². The fourth-order valence-corrected chi connectivity index (χ4v) is 1.45. The third-order valence-electron chi connectivity index (χ3n) is 1.39. The fraction of sp³-hybridized carbons (Fsp3) is 0.667. The molecule has 0 saturated heterocycles. The lowest BCUT2D eigenvalue weighted by molar-refractivity contribution is 0.0374. The summed E-state index contributed by atoms with van der Waals surface area (Å²) in [5.74, 6) is 0. The molecule has 80 valence electrons. The van der Waals surface area contributed by atoms with Gasteiger partial charge in [0.1, 0.15) is 0 Å². The predicted octanol–water partition coefficient (Wildman–Crippen LogP) is 2.34. The number of aliphatic hydroxyl groups is 1. The molecule has 1 heterocycles. The van der Waals surface area contributed by atoms with E-state index in [9.17, 15) is 5.11 Å². The highest BCUT2D eigenvalue weighted by molar-refractivity contribution is 7.13. The molecule has 0 amide bonds. The number of hydrogen-bond donors (Lipinski definition) is 2. The molecule has 1 aromatic heterocycles. The highest BCUT2D eigenvalue weighted by Crippen LogP contribution is 2.21. The summed E-state index contributed by atoms with van der Waals surface area (Å²) in [6.45, 7) is 7.53. The minimum atomic E-state index is -0.531. The van der Waals surface area contributed by atoms with Crippen LogP contribution in [0, 0.1) is 0 Å². The van der Waals surface area contributed by atoms with Crippen molar-refractivity contribution < 1.29 is 9.94 Å². The van der Waals surface area contributed by atoms with Crippen LogP contribution in [-0.2, 0) is 4.84 Å². The Hall–Kier alpha value is -0.650. The minimum absolute atomic E-state index is 0.253. The molecule has 0 spiro atoms. The van der Waals surface area contributed by atoms with E-state index in [0.717, 1.165) is 0 Å². The van der Waals surface area contributed by atoms with Crippen LogP contribution in [0.15, 0.2) is 5.38 Å². The van der Waals surface area contributed by atoms with Gasteiger partial charge in [-0.25, -0.2) is 10.5 Å². The Kier molecular flexibility index (Phi) is 3.47. The first kappa shape index (κ1) is 11.4. The van der Waals surface area contributed by atoms with Crippen molar-refractivity contribution in [2.45, 2.75) is 39.4 Å². The number of thiazole rings is 1. The van der Waals surface area contributed by atoms with E-state index in [1.165, 1.54) is 11.3 Å². The number of nitrogens with zero attached hydrogens (tertiary/aromatic N) is 1. The summed E-state index contributed by atoms with van der Waals surface area (Å²) in [6, 6.07) is 0. The third-order valence-corrected chi connectivity index (χ3v) is 2.15. The van der Waals surface area contributed by atoms with Gasteiger partial charge in [0.2, 0.25) is 5.13 Å². The Morgan fingerprint density at radius 2 is 2.21 bits per heavy atom. The lowest BCUT2D eigenvalue weighted by atomic mass is 10.2. The monoisotopic (exact) mass is 216 g/mol. The van der Waals surface area contributed by atoms with E-state index in [1.807, 2.05) is 20.8 Å². The summed E-state index contributed by atoms with van der Waals surface area (Å²) in [5.41, 5.74) is 3.16. The molecule has 2 N–H and O–H groups in total. The van der Waals surface area contributed by atoms with Crippen molar-refractivity contribution in [1.82, 2.24) is 4.98 Å². The summed E-state index contributed by atoms with van der Waals surface area (Å²) in [7, 11) is 0. The molecule has 0 aliphatic rings. The van der Waals surface area contributed by atoms with Crippen LogP contribution in [0.1, 0.15) is 39.5 Å². The van der Waals surface area contributed by atoms with Crippen molar-refractivity contribution in [3.63, 3.8) is 0 Å². The summed E-state index contributed by atoms with van der Waals surface area (Å²) in [4.78, 5) is 9.47. The Bertz CT molecular complexity index is 291.